The van der Waals surface area contributed by atoms with Crippen LogP contribution in [0.1, 0.15) is 63.6 Å². The van der Waals surface area contributed by atoms with Crippen LogP contribution >= 0.6 is 0 Å². The molecule has 0 aromatic carbocycles. The smallest absolute Gasteiger partial charge is 0.180 e. The average Bonchev–Trinajstić information content (AvgIpc) is 3.42. The summed E-state index contributed by atoms with van der Waals surface area (Å²) < 4.78 is 5.72. The highest BCUT2D eigenvalue weighted by atomic mass is 16.5. The van der Waals surface area contributed by atoms with Crippen molar-refractivity contribution in [3.63, 3.8) is 0 Å². The third-order valence-electron chi connectivity index (χ3n) is 6.23. The molecular formula is C25H34N4O3. The molecule has 2 aromatic rings. The van der Waals surface area contributed by atoms with Gasteiger partial charge >= 0.3 is 0 Å². The fourth-order valence-electron chi connectivity index (χ4n) is 4.67. The van der Waals surface area contributed by atoms with Gasteiger partial charge in [-0.15, -0.1) is 0 Å². The molecule has 2 aliphatic rings. The van der Waals surface area contributed by atoms with Crippen molar-refractivity contribution in [3.05, 3.63) is 29.6 Å². The summed E-state index contributed by atoms with van der Waals surface area (Å²) in [6, 6.07) is 3.56. The number of ketones is 1. The van der Waals surface area contributed by atoms with E-state index in [9.17, 15) is 9.90 Å². The zero-order chi connectivity index (χ0) is 22.7. The Labute approximate surface area is 190 Å². The van der Waals surface area contributed by atoms with Crippen LogP contribution in [0, 0.1) is 5.92 Å². The zero-order valence-electron chi connectivity index (χ0n) is 19.4. The summed E-state index contributed by atoms with van der Waals surface area (Å²) in [5.74, 6) is 2.84. The number of aliphatic hydroxyl groups is 1. The molecule has 32 heavy (non-hydrogen) atoms. The highest BCUT2D eigenvalue weighted by Crippen LogP contribution is 2.32. The lowest BCUT2D eigenvalue weighted by Crippen LogP contribution is -2.28. The largest absolute Gasteiger partial charge is 0.490 e. The van der Waals surface area contributed by atoms with Crippen LogP contribution in [0.15, 0.2) is 18.3 Å². The second kappa shape index (κ2) is 9.53. The Morgan fingerprint density at radius 3 is 2.75 bits per heavy atom. The SMILES string of the molecule is CN(CC(=O)CC1CCCC1)c1nc(-c2cc(OCC(C)(C)O)ccn2)nc2c1CCC2. The highest BCUT2D eigenvalue weighted by Gasteiger charge is 2.25. The van der Waals surface area contributed by atoms with E-state index in [0.717, 1.165) is 36.3 Å². The van der Waals surface area contributed by atoms with Crippen molar-refractivity contribution in [1.29, 1.82) is 0 Å². The second-order valence-electron chi connectivity index (χ2n) is 9.88. The van der Waals surface area contributed by atoms with Crippen LogP contribution in [-0.2, 0) is 17.6 Å². The summed E-state index contributed by atoms with van der Waals surface area (Å²) in [5.41, 5.74) is 1.90. The molecule has 0 saturated heterocycles. The van der Waals surface area contributed by atoms with Crippen molar-refractivity contribution in [2.24, 2.45) is 5.92 Å². The number of carbonyl (C=O) groups excluding carboxylic acids is 1. The maximum Gasteiger partial charge on any atom is 0.180 e. The van der Waals surface area contributed by atoms with Gasteiger partial charge in [0, 0.05) is 37.0 Å². The predicted octanol–water partition coefficient (Wildman–Crippen LogP) is 3.76. The summed E-state index contributed by atoms with van der Waals surface area (Å²) in [6.07, 6.45) is 10.1. The van der Waals surface area contributed by atoms with Crippen LogP contribution < -0.4 is 9.64 Å². The number of rotatable bonds is 9. The van der Waals surface area contributed by atoms with E-state index < -0.39 is 5.60 Å². The number of hydrogen-bond acceptors (Lipinski definition) is 7. The van der Waals surface area contributed by atoms with Crippen molar-refractivity contribution in [2.75, 3.05) is 25.1 Å². The Balaban J connectivity index is 1.55. The summed E-state index contributed by atoms with van der Waals surface area (Å²) in [5, 5.41) is 9.93. The third kappa shape index (κ3) is 5.63. The standard InChI is InChI=1S/C25H34N4O3/c1-25(2,31)16-32-19-11-12-26-22(14-19)23-27-21-10-6-9-20(21)24(28-23)29(3)15-18(30)13-17-7-4-5-8-17/h11-12,14,17,31H,4-10,13,15-16H2,1-3H3. The predicted molar refractivity (Wildman–Crippen MR) is 124 cm³/mol. The van der Waals surface area contributed by atoms with Gasteiger partial charge in [-0.05, 0) is 45.1 Å². The first-order valence-corrected chi connectivity index (χ1v) is 11.7. The maximum atomic E-state index is 12.7. The Morgan fingerprint density at radius 1 is 1.22 bits per heavy atom. The molecule has 1 saturated carbocycles. The fraction of sp³-hybridized carbons (Fsp3) is 0.600. The van der Waals surface area contributed by atoms with Crippen molar-refractivity contribution in [2.45, 2.75) is 70.8 Å². The number of nitrogens with zero attached hydrogens (tertiary/aromatic N) is 4. The number of likely N-dealkylation sites (N-methyl/N-ethyl adjacent to an activating group) is 1. The summed E-state index contributed by atoms with van der Waals surface area (Å²) >= 11 is 0. The van der Waals surface area contributed by atoms with Crippen LogP contribution in [-0.4, -0.2) is 51.6 Å². The summed E-state index contributed by atoms with van der Waals surface area (Å²) in [4.78, 5) is 28.8. The Kier molecular flexibility index (Phi) is 6.74. The molecule has 7 heteroatoms. The van der Waals surface area contributed by atoms with E-state index in [4.69, 9.17) is 14.7 Å². The molecule has 0 amide bonds. The van der Waals surface area contributed by atoms with Crippen LogP contribution in [0.3, 0.4) is 0 Å². The van der Waals surface area contributed by atoms with Gasteiger partial charge in [-0.25, -0.2) is 9.97 Å². The summed E-state index contributed by atoms with van der Waals surface area (Å²) in [6.45, 7) is 3.96. The molecule has 0 spiro atoms. The van der Waals surface area contributed by atoms with E-state index in [-0.39, 0.29) is 12.4 Å². The van der Waals surface area contributed by atoms with Gasteiger partial charge in [0.25, 0.3) is 0 Å². The molecule has 172 valence electrons. The molecule has 0 radical (unpaired) electrons. The molecule has 2 aliphatic carbocycles. The van der Waals surface area contributed by atoms with Crippen LogP contribution in [0.5, 0.6) is 5.75 Å². The van der Waals surface area contributed by atoms with Gasteiger partial charge in [0.15, 0.2) is 11.6 Å². The van der Waals surface area contributed by atoms with Gasteiger partial charge in [-0.3, -0.25) is 9.78 Å². The number of aryl methyl sites for hydroxylation is 1. The Morgan fingerprint density at radius 2 is 2.00 bits per heavy atom. The number of Topliss-reactive ketones (excluding diaryl/α,β-unsaturated/α-hetero) is 1. The van der Waals surface area contributed by atoms with Crippen LogP contribution in [0.25, 0.3) is 11.5 Å². The lowest BCUT2D eigenvalue weighted by Gasteiger charge is -2.22. The number of anilines is 1. The number of aromatic nitrogens is 3. The van der Waals surface area contributed by atoms with Crippen molar-refractivity contribution < 1.29 is 14.6 Å². The molecule has 1 fully saturated rings. The van der Waals surface area contributed by atoms with Gasteiger partial charge in [0.2, 0.25) is 0 Å². The number of pyridine rings is 1. The van der Waals surface area contributed by atoms with Crippen molar-refractivity contribution >= 4 is 11.6 Å². The van der Waals surface area contributed by atoms with E-state index in [2.05, 4.69) is 4.98 Å². The summed E-state index contributed by atoms with van der Waals surface area (Å²) in [7, 11) is 1.95. The van der Waals surface area contributed by atoms with Gasteiger partial charge in [-0.1, -0.05) is 25.7 Å². The number of hydrogen-bond donors (Lipinski definition) is 1. The molecule has 4 rings (SSSR count). The first kappa shape index (κ1) is 22.6. The zero-order valence-corrected chi connectivity index (χ0v) is 19.4. The normalized spacial score (nSPS) is 16.2. The van der Waals surface area contributed by atoms with E-state index in [1.54, 1.807) is 32.2 Å². The molecule has 0 bridgehead atoms. The third-order valence-corrected chi connectivity index (χ3v) is 6.23. The van der Waals surface area contributed by atoms with E-state index in [1.165, 1.54) is 25.7 Å². The van der Waals surface area contributed by atoms with Gasteiger partial charge in [0.05, 0.1) is 12.1 Å². The molecule has 1 N–H and O–H groups in total. The van der Waals surface area contributed by atoms with Crippen molar-refractivity contribution in [3.8, 4) is 17.3 Å². The second-order valence-corrected chi connectivity index (χ2v) is 9.88. The van der Waals surface area contributed by atoms with Gasteiger partial charge in [-0.2, -0.15) is 0 Å². The minimum absolute atomic E-state index is 0.179. The van der Waals surface area contributed by atoms with Crippen molar-refractivity contribution in [1.82, 2.24) is 15.0 Å². The molecule has 7 nitrogen and oxygen atoms in total. The molecular weight excluding hydrogens is 404 g/mol. The number of ether oxygens (including phenoxy) is 1. The average molecular weight is 439 g/mol. The molecule has 0 aliphatic heterocycles. The minimum atomic E-state index is -0.922. The highest BCUT2D eigenvalue weighted by molar-refractivity contribution is 5.83. The monoisotopic (exact) mass is 438 g/mol. The lowest BCUT2D eigenvalue weighted by atomic mass is 10.0. The van der Waals surface area contributed by atoms with Gasteiger partial charge < -0.3 is 14.7 Å². The molecule has 2 aromatic heterocycles. The van der Waals surface area contributed by atoms with Crippen LogP contribution in [0.4, 0.5) is 5.82 Å². The van der Waals surface area contributed by atoms with E-state index >= 15 is 0 Å². The first-order chi connectivity index (χ1) is 15.3. The van der Waals surface area contributed by atoms with Crippen LogP contribution in [0.2, 0.25) is 0 Å². The lowest BCUT2D eigenvalue weighted by molar-refractivity contribution is -0.118. The Bertz CT molecular complexity index is 964. The van der Waals surface area contributed by atoms with Gasteiger partial charge in [0.1, 0.15) is 23.9 Å². The fourth-order valence-corrected chi connectivity index (χ4v) is 4.67. The number of fused-ring (bicyclic) bond motifs is 1. The minimum Gasteiger partial charge on any atom is -0.490 e. The topological polar surface area (TPSA) is 88.4 Å². The first-order valence-electron chi connectivity index (χ1n) is 11.7. The Hall–Kier alpha value is -2.54. The molecule has 0 unspecified atom stereocenters. The van der Waals surface area contributed by atoms with E-state index in [1.807, 2.05) is 11.9 Å². The van der Waals surface area contributed by atoms with E-state index in [0.29, 0.717) is 36.2 Å². The quantitative estimate of drug-likeness (QED) is 0.638. The molecule has 0 atom stereocenters. The number of carbonyl (C=O) groups is 1. The maximum absolute atomic E-state index is 12.7. The molecule has 2 heterocycles.